The Bertz CT molecular complexity index is 259. The largest absolute Gasteiger partial charge is 0.217 e. The van der Waals surface area contributed by atoms with Crippen molar-refractivity contribution >= 4 is 0 Å². The van der Waals surface area contributed by atoms with Gasteiger partial charge in [0.1, 0.15) is 6.54 Å². The Kier molecular flexibility index (Phi) is 6.21. The molecule has 0 saturated heterocycles. The summed E-state index contributed by atoms with van der Waals surface area (Å²) in [5, 5.41) is 9.47. The number of quaternary nitrogens is 1. The summed E-state index contributed by atoms with van der Waals surface area (Å²) in [6.07, 6.45) is 0.920. The molecule has 0 spiro atoms. The van der Waals surface area contributed by atoms with Gasteiger partial charge in [0.25, 0.3) is 0 Å². The molecule has 86 valence electrons. The van der Waals surface area contributed by atoms with Gasteiger partial charge in [-0.05, 0) is 12.5 Å². The van der Waals surface area contributed by atoms with Crippen LogP contribution in [0, 0.1) is 6.92 Å². The highest BCUT2D eigenvalue weighted by atomic mass is 16.5. The highest BCUT2D eigenvalue weighted by Gasteiger charge is 2.09. The lowest BCUT2D eigenvalue weighted by molar-refractivity contribution is -1.07. The van der Waals surface area contributed by atoms with E-state index in [0.29, 0.717) is 0 Å². The first-order chi connectivity index (χ1) is 6.97. The maximum atomic E-state index is 9.47. The lowest BCUT2D eigenvalue weighted by atomic mass is 10.1. The Balaban J connectivity index is 0.000000921. The van der Waals surface area contributed by atoms with E-state index in [2.05, 4.69) is 31.2 Å². The summed E-state index contributed by atoms with van der Waals surface area (Å²) < 4.78 is 0.0356. The first-order valence-electron chi connectivity index (χ1n) is 5.59. The minimum absolute atomic E-state index is 0.0356. The van der Waals surface area contributed by atoms with E-state index in [1.807, 2.05) is 13.8 Å². The SMILES string of the molecule is CC.Cc1ccc(CC[N+](C)(C)O)cc1. The van der Waals surface area contributed by atoms with E-state index in [1.54, 1.807) is 14.1 Å². The van der Waals surface area contributed by atoms with Gasteiger partial charge < -0.3 is 0 Å². The van der Waals surface area contributed by atoms with E-state index in [4.69, 9.17) is 0 Å². The molecule has 0 unspecified atom stereocenters. The lowest BCUT2D eigenvalue weighted by Gasteiger charge is -2.19. The van der Waals surface area contributed by atoms with E-state index in [0.717, 1.165) is 13.0 Å². The molecule has 1 N–H and O–H groups in total. The molecule has 0 aromatic heterocycles. The van der Waals surface area contributed by atoms with Gasteiger partial charge in [-0.3, -0.25) is 0 Å². The predicted octanol–water partition coefficient (Wildman–Crippen LogP) is 3.03. The van der Waals surface area contributed by atoms with Crippen molar-refractivity contribution in [2.75, 3.05) is 20.6 Å². The third-order valence-electron chi connectivity index (χ3n) is 2.07. The molecule has 1 aromatic carbocycles. The molecule has 1 rings (SSSR count). The van der Waals surface area contributed by atoms with Crippen LogP contribution < -0.4 is 0 Å². The molecule has 0 aliphatic heterocycles. The van der Waals surface area contributed by atoms with Crippen LogP contribution in [0.5, 0.6) is 0 Å². The number of rotatable bonds is 3. The first kappa shape index (κ1) is 14.1. The molecule has 0 aliphatic rings. The number of likely N-dealkylation sites (N-methyl/N-ethyl adjacent to an activating group) is 1. The summed E-state index contributed by atoms with van der Waals surface area (Å²) in [5.74, 6) is 0. The second-order valence-electron chi connectivity index (χ2n) is 4.08. The van der Waals surface area contributed by atoms with E-state index in [-0.39, 0.29) is 4.65 Å². The van der Waals surface area contributed by atoms with Crippen molar-refractivity contribution in [1.29, 1.82) is 0 Å². The highest BCUT2D eigenvalue weighted by Crippen LogP contribution is 2.05. The number of aryl methyl sites for hydroxylation is 1. The zero-order valence-electron chi connectivity index (χ0n) is 10.6. The quantitative estimate of drug-likeness (QED) is 0.600. The van der Waals surface area contributed by atoms with Crippen LogP contribution in [-0.2, 0) is 6.42 Å². The van der Waals surface area contributed by atoms with Crippen molar-refractivity contribution < 1.29 is 9.85 Å². The molecule has 2 heteroatoms. The monoisotopic (exact) mass is 210 g/mol. The summed E-state index contributed by atoms with van der Waals surface area (Å²) in [5.41, 5.74) is 2.56. The van der Waals surface area contributed by atoms with E-state index < -0.39 is 0 Å². The molecular weight excluding hydrogens is 186 g/mol. The average molecular weight is 210 g/mol. The summed E-state index contributed by atoms with van der Waals surface area (Å²) in [6.45, 7) is 6.83. The van der Waals surface area contributed by atoms with Gasteiger partial charge in [-0.15, -0.1) is 0 Å². The molecule has 0 amide bonds. The fourth-order valence-electron chi connectivity index (χ4n) is 1.16. The Morgan fingerprint density at radius 1 is 1.07 bits per heavy atom. The molecule has 0 saturated carbocycles. The normalized spacial score (nSPS) is 10.5. The van der Waals surface area contributed by atoms with E-state index >= 15 is 0 Å². The van der Waals surface area contributed by atoms with Crippen LogP contribution in [0.1, 0.15) is 25.0 Å². The minimum atomic E-state index is 0.0356. The minimum Gasteiger partial charge on any atom is -0.217 e. The van der Waals surface area contributed by atoms with Crippen molar-refractivity contribution in [3.8, 4) is 0 Å². The summed E-state index contributed by atoms with van der Waals surface area (Å²) in [4.78, 5) is 0. The molecule has 15 heavy (non-hydrogen) atoms. The van der Waals surface area contributed by atoms with Crippen LogP contribution in [0.25, 0.3) is 0 Å². The van der Waals surface area contributed by atoms with Crippen molar-refractivity contribution in [3.63, 3.8) is 0 Å². The maximum Gasteiger partial charge on any atom is 0.112 e. The Morgan fingerprint density at radius 3 is 1.93 bits per heavy atom. The number of hydrogen-bond acceptors (Lipinski definition) is 1. The van der Waals surface area contributed by atoms with Crippen molar-refractivity contribution in [2.45, 2.75) is 27.2 Å². The third-order valence-corrected chi connectivity index (χ3v) is 2.07. The van der Waals surface area contributed by atoms with Crippen LogP contribution in [0.4, 0.5) is 0 Å². The third kappa shape index (κ3) is 7.11. The fraction of sp³-hybridized carbons (Fsp3) is 0.538. The summed E-state index contributed by atoms with van der Waals surface area (Å²) in [7, 11) is 3.57. The van der Waals surface area contributed by atoms with Gasteiger partial charge in [0.15, 0.2) is 0 Å². The maximum absolute atomic E-state index is 9.47. The van der Waals surface area contributed by atoms with Gasteiger partial charge in [-0.25, -0.2) is 5.21 Å². The molecule has 0 bridgehead atoms. The highest BCUT2D eigenvalue weighted by molar-refractivity contribution is 5.21. The smallest absolute Gasteiger partial charge is 0.112 e. The van der Waals surface area contributed by atoms with Crippen molar-refractivity contribution in [2.24, 2.45) is 0 Å². The zero-order chi connectivity index (χ0) is 11.9. The predicted molar refractivity (Wildman–Crippen MR) is 65.0 cm³/mol. The van der Waals surface area contributed by atoms with Gasteiger partial charge in [0.05, 0.1) is 14.1 Å². The molecule has 0 atom stereocenters. The fourth-order valence-corrected chi connectivity index (χ4v) is 1.16. The summed E-state index contributed by atoms with van der Waals surface area (Å²) >= 11 is 0. The van der Waals surface area contributed by atoms with Crippen LogP contribution in [0.2, 0.25) is 0 Å². The van der Waals surface area contributed by atoms with Gasteiger partial charge in [-0.1, -0.05) is 43.7 Å². The second-order valence-corrected chi connectivity index (χ2v) is 4.08. The van der Waals surface area contributed by atoms with Gasteiger partial charge in [0, 0.05) is 6.42 Å². The first-order valence-corrected chi connectivity index (χ1v) is 5.59. The number of hydrogen-bond donors (Lipinski definition) is 1. The van der Waals surface area contributed by atoms with Gasteiger partial charge in [0.2, 0.25) is 0 Å². The number of hydroxylamine groups is 3. The van der Waals surface area contributed by atoms with E-state index in [1.165, 1.54) is 11.1 Å². The van der Waals surface area contributed by atoms with Crippen LogP contribution >= 0.6 is 0 Å². The van der Waals surface area contributed by atoms with Crippen LogP contribution in [-0.4, -0.2) is 30.5 Å². The molecule has 1 aromatic rings. The topological polar surface area (TPSA) is 20.2 Å². The van der Waals surface area contributed by atoms with Crippen molar-refractivity contribution in [1.82, 2.24) is 0 Å². The van der Waals surface area contributed by atoms with Gasteiger partial charge >= 0.3 is 0 Å². The molecule has 0 radical (unpaired) electrons. The molecule has 2 nitrogen and oxygen atoms in total. The van der Waals surface area contributed by atoms with Crippen LogP contribution in [0.15, 0.2) is 24.3 Å². The van der Waals surface area contributed by atoms with Crippen LogP contribution in [0.3, 0.4) is 0 Å². The average Bonchev–Trinajstić information content (AvgIpc) is 2.19. The molecule has 0 heterocycles. The summed E-state index contributed by atoms with van der Waals surface area (Å²) in [6, 6.07) is 8.44. The van der Waals surface area contributed by atoms with E-state index in [9.17, 15) is 5.21 Å². The lowest BCUT2D eigenvalue weighted by Crippen LogP contribution is -2.37. The second kappa shape index (κ2) is 6.59. The number of nitrogens with zero attached hydrogens (tertiary/aromatic N) is 1. The molecule has 0 fully saturated rings. The standard InChI is InChI=1S/C11H18NO.C2H6/c1-10-4-6-11(7-5-10)8-9-12(2,3)13;1-2/h4-7,13H,8-9H2,1-3H3;1-2H3/q+1;. The zero-order valence-corrected chi connectivity index (χ0v) is 10.6. The van der Waals surface area contributed by atoms with Crippen molar-refractivity contribution in [3.05, 3.63) is 35.4 Å². The molecule has 0 aliphatic carbocycles. The van der Waals surface area contributed by atoms with Gasteiger partial charge in [-0.2, -0.15) is 4.65 Å². The molecular formula is C13H24NO+. The Hall–Kier alpha value is -0.860. The Morgan fingerprint density at radius 2 is 1.53 bits per heavy atom. The number of benzene rings is 1. The Labute approximate surface area is 93.7 Å².